The van der Waals surface area contributed by atoms with Crippen molar-refractivity contribution in [3.8, 4) is 11.3 Å². The average Bonchev–Trinajstić information content (AvgIpc) is 3.20. The van der Waals surface area contributed by atoms with E-state index in [1.54, 1.807) is 0 Å². The minimum absolute atomic E-state index is 0.0488. The quantitative estimate of drug-likeness (QED) is 0.884. The first-order valence-corrected chi connectivity index (χ1v) is 9.72. The molecule has 2 aromatic heterocycles. The number of carbonyl (C=O) groups is 1. The van der Waals surface area contributed by atoms with Crippen LogP contribution in [0.5, 0.6) is 0 Å². The van der Waals surface area contributed by atoms with Crippen LogP contribution in [0.2, 0.25) is 0 Å². The number of carbonyl (C=O) groups excluding carboxylic acids is 1. The van der Waals surface area contributed by atoms with Crippen LogP contribution in [-0.2, 0) is 6.42 Å². The zero-order chi connectivity index (χ0) is 17.4. The van der Waals surface area contributed by atoms with Crippen LogP contribution in [0.25, 0.3) is 17.5 Å². The molecule has 25 heavy (non-hydrogen) atoms. The highest BCUT2D eigenvalue weighted by atomic mass is 32.1. The van der Waals surface area contributed by atoms with Crippen molar-refractivity contribution in [1.82, 2.24) is 20.1 Å². The molecule has 0 radical (unpaired) electrons. The van der Waals surface area contributed by atoms with Crippen molar-refractivity contribution in [3.05, 3.63) is 27.9 Å². The minimum atomic E-state index is -0.109. The Labute approximate surface area is 151 Å². The Morgan fingerprint density at radius 2 is 2.24 bits per heavy atom. The van der Waals surface area contributed by atoms with Crippen molar-refractivity contribution in [2.45, 2.75) is 57.5 Å². The minimum Gasteiger partial charge on any atom is -0.346 e. The maximum Gasteiger partial charge on any atom is 0.280 e. The first-order chi connectivity index (χ1) is 12.1. The number of nitrogens with two attached hydrogens (primary N) is 1. The number of amides is 1. The molecular weight excluding hydrogens is 334 g/mol. The third-order valence-electron chi connectivity index (χ3n) is 5.07. The van der Waals surface area contributed by atoms with Gasteiger partial charge in [-0.3, -0.25) is 4.79 Å². The SMILES string of the molecule is Cc1sc(C(=O)NC2CCCC[C@H]2N)nc1-c1cnn2c1CCC=C2. The van der Waals surface area contributed by atoms with Crippen molar-refractivity contribution >= 4 is 23.4 Å². The Morgan fingerprint density at radius 1 is 1.40 bits per heavy atom. The van der Waals surface area contributed by atoms with E-state index in [9.17, 15) is 4.79 Å². The molecule has 0 bridgehead atoms. The number of thiazole rings is 1. The van der Waals surface area contributed by atoms with Crippen LogP contribution in [0.4, 0.5) is 0 Å². The number of nitrogens with zero attached hydrogens (tertiary/aromatic N) is 3. The molecule has 3 N–H and O–H groups in total. The Bertz CT molecular complexity index is 822. The predicted octanol–water partition coefficient (Wildman–Crippen LogP) is 2.73. The van der Waals surface area contributed by atoms with Crippen LogP contribution >= 0.6 is 11.3 Å². The molecule has 1 aliphatic heterocycles. The monoisotopic (exact) mass is 357 g/mol. The molecule has 2 aromatic rings. The van der Waals surface area contributed by atoms with Crippen LogP contribution in [0.15, 0.2) is 12.3 Å². The Balaban J connectivity index is 1.57. The summed E-state index contributed by atoms with van der Waals surface area (Å²) in [5, 5.41) is 8.01. The molecule has 2 aliphatic rings. The number of allylic oxidation sites excluding steroid dienone is 1. The van der Waals surface area contributed by atoms with Gasteiger partial charge in [0.1, 0.15) is 0 Å². The summed E-state index contributed by atoms with van der Waals surface area (Å²) in [6.07, 6.45) is 12.1. The summed E-state index contributed by atoms with van der Waals surface area (Å²) < 4.78 is 1.90. The molecular formula is C18H23N5OS. The van der Waals surface area contributed by atoms with Crippen LogP contribution in [0.1, 0.15) is 52.5 Å². The van der Waals surface area contributed by atoms with E-state index in [0.717, 1.165) is 60.4 Å². The van der Waals surface area contributed by atoms with Gasteiger partial charge in [0.15, 0.2) is 5.01 Å². The lowest BCUT2D eigenvalue weighted by molar-refractivity contribution is 0.0921. The second-order valence-corrected chi connectivity index (χ2v) is 8.03. The van der Waals surface area contributed by atoms with Crippen molar-refractivity contribution in [2.75, 3.05) is 0 Å². The molecule has 2 atom stereocenters. The van der Waals surface area contributed by atoms with E-state index in [-0.39, 0.29) is 18.0 Å². The summed E-state index contributed by atoms with van der Waals surface area (Å²) in [7, 11) is 0. The van der Waals surface area contributed by atoms with Gasteiger partial charge in [0, 0.05) is 28.7 Å². The first-order valence-electron chi connectivity index (χ1n) is 8.91. The van der Waals surface area contributed by atoms with Gasteiger partial charge in [-0.1, -0.05) is 18.9 Å². The van der Waals surface area contributed by atoms with Gasteiger partial charge in [0.2, 0.25) is 0 Å². The average molecular weight is 357 g/mol. The van der Waals surface area contributed by atoms with E-state index in [1.807, 2.05) is 24.0 Å². The smallest absolute Gasteiger partial charge is 0.280 e. The summed E-state index contributed by atoms with van der Waals surface area (Å²) in [6.45, 7) is 2.01. The molecule has 0 aromatic carbocycles. The summed E-state index contributed by atoms with van der Waals surface area (Å²) >= 11 is 1.44. The molecule has 1 amide bonds. The van der Waals surface area contributed by atoms with Crippen molar-refractivity contribution < 1.29 is 4.79 Å². The van der Waals surface area contributed by atoms with Gasteiger partial charge in [-0.05, 0) is 32.6 Å². The normalized spacial score (nSPS) is 22.6. The summed E-state index contributed by atoms with van der Waals surface area (Å²) in [5.41, 5.74) is 9.22. The Hall–Kier alpha value is -1.99. The van der Waals surface area contributed by atoms with Gasteiger partial charge in [0.25, 0.3) is 5.91 Å². The van der Waals surface area contributed by atoms with Crippen molar-refractivity contribution in [1.29, 1.82) is 0 Å². The van der Waals surface area contributed by atoms with E-state index in [1.165, 1.54) is 11.3 Å². The van der Waals surface area contributed by atoms with Gasteiger partial charge in [-0.2, -0.15) is 5.10 Å². The number of aromatic nitrogens is 3. The van der Waals surface area contributed by atoms with Crippen LogP contribution in [0.3, 0.4) is 0 Å². The molecule has 0 saturated heterocycles. The lowest BCUT2D eigenvalue weighted by Crippen LogP contribution is -2.49. The number of nitrogens with one attached hydrogen (secondary N) is 1. The highest BCUT2D eigenvalue weighted by molar-refractivity contribution is 7.14. The van der Waals surface area contributed by atoms with Gasteiger partial charge in [-0.15, -0.1) is 11.3 Å². The van der Waals surface area contributed by atoms with Crippen molar-refractivity contribution in [2.24, 2.45) is 5.73 Å². The largest absolute Gasteiger partial charge is 0.346 e. The fourth-order valence-corrected chi connectivity index (χ4v) is 4.50. The van der Waals surface area contributed by atoms with E-state index < -0.39 is 0 Å². The van der Waals surface area contributed by atoms with E-state index in [0.29, 0.717) is 5.01 Å². The molecule has 1 saturated carbocycles. The fourth-order valence-electron chi connectivity index (χ4n) is 3.67. The maximum atomic E-state index is 12.6. The van der Waals surface area contributed by atoms with E-state index in [4.69, 9.17) is 5.73 Å². The topological polar surface area (TPSA) is 85.8 Å². The third kappa shape index (κ3) is 3.14. The Kier molecular flexibility index (Phi) is 4.43. The number of rotatable bonds is 3. The second kappa shape index (κ2) is 6.72. The standard InChI is InChI=1S/C18H23N5OS/c1-11-16(12-10-20-23-9-5-4-8-15(12)23)22-18(25-11)17(24)21-14-7-3-2-6-13(14)19/h5,9-10,13-14H,2-4,6-8,19H2,1H3,(H,21,24)/t13-,14?/m1/s1. The van der Waals surface area contributed by atoms with Gasteiger partial charge in [0.05, 0.1) is 17.6 Å². The maximum absolute atomic E-state index is 12.6. The molecule has 1 fully saturated rings. The fraction of sp³-hybridized carbons (Fsp3) is 0.500. The predicted molar refractivity (Wildman–Crippen MR) is 99.4 cm³/mol. The van der Waals surface area contributed by atoms with Crippen LogP contribution in [0, 0.1) is 6.92 Å². The highest BCUT2D eigenvalue weighted by Gasteiger charge is 2.26. The Morgan fingerprint density at radius 3 is 3.08 bits per heavy atom. The highest BCUT2D eigenvalue weighted by Crippen LogP contribution is 2.32. The number of aryl methyl sites for hydroxylation is 1. The van der Waals surface area contributed by atoms with Gasteiger partial charge < -0.3 is 11.1 Å². The van der Waals surface area contributed by atoms with Crippen molar-refractivity contribution in [3.63, 3.8) is 0 Å². The summed E-state index contributed by atoms with van der Waals surface area (Å²) in [5.74, 6) is -0.109. The number of hydrogen-bond donors (Lipinski definition) is 2. The zero-order valence-electron chi connectivity index (χ0n) is 14.4. The first kappa shape index (κ1) is 16.5. The molecule has 3 heterocycles. The second-order valence-electron chi connectivity index (χ2n) is 6.83. The third-order valence-corrected chi connectivity index (χ3v) is 6.04. The number of hydrogen-bond acceptors (Lipinski definition) is 5. The molecule has 7 heteroatoms. The molecule has 1 aliphatic carbocycles. The van der Waals surface area contributed by atoms with E-state index in [2.05, 4.69) is 21.5 Å². The number of fused-ring (bicyclic) bond motifs is 1. The summed E-state index contributed by atoms with van der Waals surface area (Å²) in [4.78, 5) is 18.3. The van der Waals surface area contributed by atoms with Crippen LogP contribution in [-0.4, -0.2) is 32.8 Å². The lowest BCUT2D eigenvalue weighted by Gasteiger charge is -2.28. The van der Waals surface area contributed by atoms with Gasteiger partial charge >= 0.3 is 0 Å². The lowest BCUT2D eigenvalue weighted by atomic mass is 9.91. The zero-order valence-corrected chi connectivity index (χ0v) is 15.2. The molecule has 6 nitrogen and oxygen atoms in total. The van der Waals surface area contributed by atoms with Gasteiger partial charge in [-0.25, -0.2) is 9.67 Å². The molecule has 4 rings (SSSR count). The summed E-state index contributed by atoms with van der Waals surface area (Å²) in [6, 6.07) is 0.107. The molecule has 1 unspecified atom stereocenters. The molecule has 0 spiro atoms. The van der Waals surface area contributed by atoms with E-state index >= 15 is 0 Å². The molecule has 132 valence electrons. The van der Waals surface area contributed by atoms with Crippen LogP contribution < -0.4 is 11.1 Å².